The number of benzene rings is 3. The van der Waals surface area contributed by atoms with E-state index in [0.29, 0.717) is 28.4 Å². The number of sulfonamides is 1. The minimum atomic E-state index is -3.80. The number of carbonyl (C=O) groups is 1. The van der Waals surface area contributed by atoms with Crippen LogP contribution in [-0.4, -0.2) is 32.6 Å². The monoisotopic (exact) mass is 521 g/mol. The fourth-order valence-electron chi connectivity index (χ4n) is 3.44. The number of fused-ring (bicyclic) bond motifs is 1. The second kappa shape index (κ2) is 10.7. The highest BCUT2D eigenvalue weighted by Gasteiger charge is 2.15. The highest BCUT2D eigenvalue weighted by Crippen LogP contribution is 2.24. The third-order valence-corrected chi connectivity index (χ3v) is 7.60. The normalized spacial score (nSPS) is 11.8. The van der Waals surface area contributed by atoms with Gasteiger partial charge < -0.3 is 14.0 Å². The Balaban J connectivity index is 1.58. The van der Waals surface area contributed by atoms with Gasteiger partial charge in [-0.25, -0.2) is 8.42 Å². The zero-order valence-electron chi connectivity index (χ0n) is 19.6. The van der Waals surface area contributed by atoms with Crippen molar-refractivity contribution < 1.29 is 22.7 Å². The number of methoxy groups -OCH3 is 1. The van der Waals surface area contributed by atoms with Gasteiger partial charge in [-0.3, -0.25) is 9.52 Å². The van der Waals surface area contributed by atoms with Crippen LogP contribution in [0.2, 0.25) is 0 Å². The molecule has 0 saturated heterocycles. The topological polar surface area (TPSA) is 99.0 Å². The van der Waals surface area contributed by atoms with E-state index in [1.54, 1.807) is 16.7 Å². The molecule has 0 fully saturated rings. The summed E-state index contributed by atoms with van der Waals surface area (Å²) in [5.41, 5.74) is 1.48. The first kappa shape index (κ1) is 25.0. The van der Waals surface area contributed by atoms with Gasteiger partial charge in [-0.2, -0.15) is 4.99 Å². The van der Waals surface area contributed by atoms with Gasteiger partial charge in [0.1, 0.15) is 11.5 Å². The van der Waals surface area contributed by atoms with Crippen molar-refractivity contribution in [3.8, 4) is 23.8 Å². The lowest BCUT2D eigenvalue weighted by Gasteiger charge is -2.09. The number of anilines is 1. The van der Waals surface area contributed by atoms with Crippen LogP contribution in [0.1, 0.15) is 17.3 Å². The molecule has 1 N–H and O–H groups in total. The van der Waals surface area contributed by atoms with E-state index >= 15 is 0 Å². The van der Waals surface area contributed by atoms with Crippen LogP contribution in [0.15, 0.2) is 76.6 Å². The van der Waals surface area contributed by atoms with Crippen molar-refractivity contribution in [1.29, 1.82) is 0 Å². The Hall–Kier alpha value is -4.07. The summed E-state index contributed by atoms with van der Waals surface area (Å²) in [7, 11) is -2.29. The average molecular weight is 522 g/mol. The Bertz CT molecular complexity index is 1610. The summed E-state index contributed by atoms with van der Waals surface area (Å²) in [4.78, 5) is 17.7. The molecule has 0 bridgehead atoms. The predicted molar refractivity (Wildman–Crippen MR) is 140 cm³/mol. The molecule has 36 heavy (non-hydrogen) atoms. The van der Waals surface area contributed by atoms with Gasteiger partial charge in [0, 0.05) is 11.3 Å². The molecule has 184 valence electrons. The van der Waals surface area contributed by atoms with E-state index in [1.807, 2.05) is 25.1 Å². The molecule has 0 atom stereocenters. The maximum absolute atomic E-state index is 12.9. The first-order chi connectivity index (χ1) is 17.3. The number of hydrogen-bond donors (Lipinski definition) is 1. The van der Waals surface area contributed by atoms with Crippen LogP contribution in [0.25, 0.3) is 10.2 Å². The van der Waals surface area contributed by atoms with Crippen LogP contribution in [0.5, 0.6) is 11.5 Å². The first-order valence-electron chi connectivity index (χ1n) is 10.9. The third-order valence-electron chi connectivity index (χ3n) is 5.17. The highest BCUT2D eigenvalue weighted by molar-refractivity contribution is 7.92. The molecule has 10 heteroatoms. The van der Waals surface area contributed by atoms with Gasteiger partial charge in [-0.15, -0.1) is 6.42 Å². The average Bonchev–Trinajstić information content (AvgIpc) is 3.20. The molecule has 0 saturated carbocycles. The van der Waals surface area contributed by atoms with Gasteiger partial charge >= 0.3 is 0 Å². The Labute approximate surface area is 212 Å². The second-order valence-corrected chi connectivity index (χ2v) is 10.2. The molecule has 4 rings (SSSR count). The van der Waals surface area contributed by atoms with Crippen LogP contribution in [0.4, 0.5) is 5.69 Å². The number of terminal acetylenes is 1. The first-order valence-corrected chi connectivity index (χ1v) is 13.2. The Morgan fingerprint density at radius 3 is 2.42 bits per heavy atom. The van der Waals surface area contributed by atoms with Crippen molar-refractivity contribution in [2.24, 2.45) is 4.99 Å². The number of nitrogens with zero attached hydrogens (tertiary/aromatic N) is 2. The summed E-state index contributed by atoms with van der Waals surface area (Å²) in [5, 5.41) is 0. The smallest absolute Gasteiger partial charge is 0.279 e. The number of rotatable bonds is 8. The van der Waals surface area contributed by atoms with Gasteiger partial charge in [0.15, 0.2) is 4.80 Å². The fourth-order valence-corrected chi connectivity index (χ4v) is 5.56. The molecule has 1 aromatic heterocycles. The van der Waals surface area contributed by atoms with E-state index in [-0.39, 0.29) is 11.4 Å². The van der Waals surface area contributed by atoms with Crippen LogP contribution in [0, 0.1) is 12.3 Å². The number of thiazole rings is 1. The van der Waals surface area contributed by atoms with E-state index < -0.39 is 15.9 Å². The SMILES string of the molecule is C#CCn1c(=NC(=O)c2ccc(NS(=O)(=O)c3ccc(OC)cc3)cc2)sc2cc(OCC)ccc21. The Kier molecular flexibility index (Phi) is 7.43. The third kappa shape index (κ3) is 5.43. The number of aromatic nitrogens is 1. The quantitative estimate of drug-likeness (QED) is 0.349. The van der Waals surface area contributed by atoms with E-state index in [1.165, 1.54) is 54.8 Å². The molecule has 3 aromatic carbocycles. The lowest BCUT2D eigenvalue weighted by molar-refractivity contribution is 0.0998. The van der Waals surface area contributed by atoms with E-state index in [2.05, 4.69) is 15.6 Å². The molecular formula is C26H23N3O5S2. The zero-order valence-corrected chi connectivity index (χ0v) is 21.2. The summed E-state index contributed by atoms with van der Waals surface area (Å²) >= 11 is 1.34. The lowest BCUT2D eigenvalue weighted by Crippen LogP contribution is -2.16. The summed E-state index contributed by atoms with van der Waals surface area (Å²) in [6.45, 7) is 2.71. The molecule has 1 heterocycles. The van der Waals surface area contributed by atoms with Crippen molar-refractivity contribution in [2.75, 3.05) is 18.4 Å². The zero-order chi connectivity index (χ0) is 25.7. The van der Waals surface area contributed by atoms with Crippen molar-refractivity contribution in [3.63, 3.8) is 0 Å². The Morgan fingerprint density at radius 2 is 1.78 bits per heavy atom. The van der Waals surface area contributed by atoms with E-state index in [0.717, 1.165) is 16.0 Å². The highest BCUT2D eigenvalue weighted by atomic mass is 32.2. The Morgan fingerprint density at radius 1 is 1.08 bits per heavy atom. The summed E-state index contributed by atoms with van der Waals surface area (Å²) in [6, 6.07) is 17.7. The molecule has 8 nitrogen and oxygen atoms in total. The number of ether oxygens (including phenoxy) is 2. The molecular weight excluding hydrogens is 498 g/mol. The van der Waals surface area contributed by atoms with Crippen LogP contribution < -0.4 is 19.0 Å². The fraction of sp³-hybridized carbons (Fsp3) is 0.154. The second-order valence-electron chi connectivity index (χ2n) is 7.51. The summed E-state index contributed by atoms with van der Waals surface area (Å²) < 4.78 is 41.1. The van der Waals surface area contributed by atoms with Crippen LogP contribution in [0.3, 0.4) is 0 Å². The van der Waals surface area contributed by atoms with Gasteiger partial charge in [0.05, 0.1) is 35.4 Å². The summed E-state index contributed by atoms with van der Waals surface area (Å²) in [6.07, 6.45) is 5.54. The largest absolute Gasteiger partial charge is 0.497 e. The maximum atomic E-state index is 12.9. The molecule has 4 aromatic rings. The molecule has 0 radical (unpaired) electrons. The van der Waals surface area contributed by atoms with E-state index in [9.17, 15) is 13.2 Å². The molecule has 0 unspecified atom stereocenters. The predicted octanol–water partition coefficient (Wildman–Crippen LogP) is 4.29. The van der Waals surface area contributed by atoms with Crippen molar-refractivity contribution >= 4 is 43.2 Å². The molecule has 1 amide bonds. The number of nitrogens with one attached hydrogen (secondary N) is 1. The maximum Gasteiger partial charge on any atom is 0.279 e. The minimum absolute atomic E-state index is 0.0915. The molecule has 0 aliphatic heterocycles. The van der Waals surface area contributed by atoms with Crippen molar-refractivity contribution in [3.05, 3.63) is 77.1 Å². The molecule has 0 aliphatic rings. The number of carbonyl (C=O) groups excluding carboxylic acids is 1. The minimum Gasteiger partial charge on any atom is -0.497 e. The van der Waals surface area contributed by atoms with E-state index in [4.69, 9.17) is 15.9 Å². The van der Waals surface area contributed by atoms with Gasteiger partial charge in [-0.05, 0) is 73.7 Å². The van der Waals surface area contributed by atoms with Crippen molar-refractivity contribution in [2.45, 2.75) is 18.4 Å². The van der Waals surface area contributed by atoms with Crippen molar-refractivity contribution in [1.82, 2.24) is 4.57 Å². The lowest BCUT2D eigenvalue weighted by atomic mass is 10.2. The van der Waals surface area contributed by atoms with Crippen LogP contribution in [-0.2, 0) is 16.6 Å². The van der Waals surface area contributed by atoms with Gasteiger partial charge in [-0.1, -0.05) is 17.3 Å². The molecule has 0 spiro atoms. The number of amides is 1. The van der Waals surface area contributed by atoms with Gasteiger partial charge in [0.2, 0.25) is 0 Å². The van der Waals surface area contributed by atoms with Gasteiger partial charge in [0.25, 0.3) is 15.9 Å². The summed E-state index contributed by atoms with van der Waals surface area (Å²) in [5.74, 6) is 3.41. The van der Waals surface area contributed by atoms with Crippen LogP contribution >= 0.6 is 11.3 Å². The standard InChI is InChI=1S/C26H23N3O5S2/c1-4-16-29-23-15-12-21(34-5-2)17-24(23)35-26(29)27-25(30)18-6-8-19(9-7-18)28-36(31,32)22-13-10-20(33-3)11-14-22/h1,6-15,17,28H,5,16H2,2-3H3. The number of hydrogen-bond acceptors (Lipinski definition) is 6. The molecule has 0 aliphatic carbocycles.